The summed E-state index contributed by atoms with van der Waals surface area (Å²) in [4.78, 5) is 12.8. The Hall–Kier alpha value is -3.90. The number of rotatable bonds is 7. The van der Waals surface area contributed by atoms with Crippen LogP contribution in [0.4, 0.5) is 5.69 Å². The minimum Gasteiger partial charge on any atom is -0.496 e. The molecule has 4 rings (SSSR count). The molecule has 7 heteroatoms. The van der Waals surface area contributed by atoms with Crippen molar-refractivity contribution in [2.75, 3.05) is 26.6 Å². The zero-order chi connectivity index (χ0) is 25.1. The summed E-state index contributed by atoms with van der Waals surface area (Å²) in [6, 6.07) is 14.8. The molecule has 0 aliphatic heterocycles. The van der Waals surface area contributed by atoms with E-state index in [0.29, 0.717) is 28.0 Å². The Labute approximate surface area is 209 Å². The molecule has 0 aliphatic rings. The van der Waals surface area contributed by atoms with E-state index in [1.807, 2.05) is 44.2 Å². The number of aryl methyl sites for hydroxylation is 1. The summed E-state index contributed by atoms with van der Waals surface area (Å²) in [5.74, 6) is 1.49. The second-order valence-electron chi connectivity index (χ2n) is 8.00. The van der Waals surface area contributed by atoms with Crippen LogP contribution >= 0.6 is 11.6 Å². The summed E-state index contributed by atoms with van der Waals surface area (Å²) in [6.45, 7) is 3.82. The average Bonchev–Trinajstić information content (AvgIpc) is 3.28. The number of allylic oxidation sites excluding steroid dienone is 1. The zero-order valence-electron chi connectivity index (χ0n) is 20.2. The number of hydrogen-bond acceptors (Lipinski definition) is 5. The van der Waals surface area contributed by atoms with Crippen LogP contribution in [0.5, 0.6) is 17.2 Å². The van der Waals surface area contributed by atoms with Gasteiger partial charge in [-0.15, -0.1) is 0 Å². The molecule has 0 fully saturated rings. The van der Waals surface area contributed by atoms with E-state index in [0.717, 1.165) is 38.8 Å². The van der Waals surface area contributed by atoms with Crippen molar-refractivity contribution in [3.8, 4) is 28.4 Å². The van der Waals surface area contributed by atoms with Crippen LogP contribution in [0.25, 0.3) is 27.7 Å². The highest BCUT2D eigenvalue weighted by molar-refractivity contribution is 6.30. The van der Waals surface area contributed by atoms with Crippen molar-refractivity contribution in [1.82, 2.24) is 0 Å². The third-order valence-electron chi connectivity index (χ3n) is 5.83. The monoisotopic (exact) mass is 491 g/mol. The number of halogens is 1. The number of ether oxygens (including phenoxy) is 3. The fraction of sp³-hybridized carbons (Fsp3) is 0.179. The highest BCUT2D eigenvalue weighted by Gasteiger charge is 2.19. The van der Waals surface area contributed by atoms with Crippen molar-refractivity contribution in [2.24, 2.45) is 0 Å². The Bertz CT molecular complexity index is 1420. The first-order valence-electron chi connectivity index (χ1n) is 10.9. The summed E-state index contributed by atoms with van der Waals surface area (Å²) >= 11 is 6.06. The average molecular weight is 492 g/mol. The van der Waals surface area contributed by atoms with Gasteiger partial charge in [-0.1, -0.05) is 23.7 Å². The van der Waals surface area contributed by atoms with Crippen molar-refractivity contribution >= 4 is 39.7 Å². The van der Waals surface area contributed by atoms with Crippen molar-refractivity contribution in [2.45, 2.75) is 13.8 Å². The van der Waals surface area contributed by atoms with Crippen LogP contribution in [0.3, 0.4) is 0 Å². The maximum atomic E-state index is 12.8. The highest BCUT2D eigenvalue weighted by Crippen LogP contribution is 2.40. The van der Waals surface area contributed by atoms with Crippen molar-refractivity contribution < 1.29 is 23.4 Å². The first kappa shape index (κ1) is 24.2. The van der Waals surface area contributed by atoms with Crippen LogP contribution in [0.15, 0.2) is 65.3 Å². The lowest BCUT2D eigenvalue weighted by Crippen LogP contribution is -2.09. The van der Waals surface area contributed by atoms with Crippen molar-refractivity contribution in [1.29, 1.82) is 0 Å². The molecule has 1 N–H and O–H groups in total. The number of furan rings is 1. The summed E-state index contributed by atoms with van der Waals surface area (Å²) in [7, 11) is 4.72. The topological polar surface area (TPSA) is 69.9 Å². The van der Waals surface area contributed by atoms with E-state index in [4.69, 9.17) is 30.2 Å². The molecule has 1 amide bonds. The van der Waals surface area contributed by atoms with Crippen LogP contribution in [0.1, 0.15) is 18.1 Å². The molecule has 1 aromatic heterocycles. The second kappa shape index (κ2) is 10.2. The summed E-state index contributed by atoms with van der Waals surface area (Å²) < 4.78 is 22.2. The number of amides is 1. The maximum absolute atomic E-state index is 12.8. The molecule has 3 aromatic carbocycles. The maximum Gasteiger partial charge on any atom is 0.248 e. The Morgan fingerprint density at radius 1 is 0.971 bits per heavy atom. The molecule has 0 unspecified atom stereocenters. The largest absolute Gasteiger partial charge is 0.496 e. The van der Waals surface area contributed by atoms with E-state index in [1.54, 1.807) is 51.9 Å². The van der Waals surface area contributed by atoms with Gasteiger partial charge in [-0.3, -0.25) is 4.79 Å². The third-order valence-corrected chi connectivity index (χ3v) is 6.08. The fourth-order valence-electron chi connectivity index (χ4n) is 4.09. The van der Waals surface area contributed by atoms with Gasteiger partial charge in [-0.2, -0.15) is 0 Å². The number of methoxy groups -OCH3 is 3. The smallest absolute Gasteiger partial charge is 0.248 e. The first-order chi connectivity index (χ1) is 16.9. The first-order valence-corrected chi connectivity index (χ1v) is 11.3. The normalized spacial score (nSPS) is 11.4. The number of carbonyl (C=O) groups excluding carboxylic acids is 1. The van der Waals surface area contributed by atoms with Gasteiger partial charge in [0.05, 0.1) is 27.6 Å². The molecule has 180 valence electrons. The number of anilines is 1. The van der Waals surface area contributed by atoms with E-state index in [9.17, 15) is 4.79 Å². The second-order valence-corrected chi connectivity index (χ2v) is 8.44. The summed E-state index contributed by atoms with van der Waals surface area (Å²) in [5, 5.41) is 4.46. The Kier molecular flexibility index (Phi) is 7.03. The quantitative estimate of drug-likeness (QED) is 0.278. The summed E-state index contributed by atoms with van der Waals surface area (Å²) in [6.07, 6.45) is 3.27. The van der Waals surface area contributed by atoms with E-state index >= 15 is 0 Å². The molecule has 6 nitrogen and oxygen atoms in total. The molecular formula is C28H26ClNO5. The molecule has 0 bridgehead atoms. The zero-order valence-corrected chi connectivity index (χ0v) is 20.9. The Morgan fingerprint density at radius 3 is 2.34 bits per heavy atom. The molecule has 0 atom stereocenters. The van der Waals surface area contributed by atoms with Gasteiger partial charge in [0.1, 0.15) is 11.3 Å². The number of fused-ring (bicyclic) bond motifs is 1. The lowest BCUT2D eigenvalue weighted by atomic mass is 9.96. The minimum absolute atomic E-state index is 0.278. The van der Waals surface area contributed by atoms with E-state index < -0.39 is 0 Å². The Morgan fingerprint density at radius 2 is 1.69 bits per heavy atom. The number of benzene rings is 3. The lowest BCUT2D eigenvalue weighted by Gasteiger charge is -2.14. The standard InChI is InChI=1S/C28H26ClNO5/c1-16(12-26(31)30-20-10-11-24(32-3)25(13-20)33-4)21-14-22-23(18-6-8-19(29)9-7-18)15-35-28(22)17(2)27(21)34-5/h6-15H,1-5H3,(H,30,31)/b16-12+. The molecule has 35 heavy (non-hydrogen) atoms. The lowest BCUT2D eigenvalue weighted by molar-refractivity contribution is -0.111. The predicted molar refractivity (Wildman–Crippen MR) is 140 cm³/mol. The van der Waals surface area contributed by atoms with Crippen LogP contribution in [-0.2, 0) is 4.79 Å². The molecule has 0 aliphatic carbocycles. The van der Waals surface area contributed by atoms with Crippen LogP contribution in [0.2, 0.25) is 5.02 Å². The molecular weight excluding hydrogens is 466 g/mol. The van der Waals surface area contributed by atoms with Gasteiger partial charge in [0.15, 0.2) is 11.5 Å². The third kappa shape index (κ3) is 4.84. The predicted octanol–water partition coefficient (Wildman–Crippen LogP) is 7.13. The molecule has 0 spiro atoms. The highest BCUT2D eigenvalue weighted by atomic mass is 35.5. The van der Waals surface area contributed by atoms with Crippen LogP contribution in [0, 0.1) is 6.92 Å². The van der Waals surface area contributed by atoms with Gasteiger partial charge in [-0.25, -0.2) is 0 Å². The number of hydrogen-bond donors (Lipinski definition) is 1. The SMILES string of the molecule is COc1ccc(NC(=O)/C=C(\C)c2cc3c(-c4ccc(Cl)cc4)coc3c(C)c2OC)cc1OC. The van der Waals surface area contributed by atoms with Gasteiger partial charge >= 0.3 is 0 Å². The van der Waals surface area contributed by atoms with Gasteiger partial charge in [0, 0.05) is 44.9 Å². The van der Waals surface area contributed by atoms with Crippen molar-refractivity contribution in [3.63, 3.8) is 0 Å². The van der Waals surface area contributed by atoms with Crippen molar-refractivity contribution in [3.05, 3.63) is 77.0 Å². The molecule has 0 saturated carbocycles. The molecule has 0 saturated heterocycles. The van der Waals surface area contributed by atoms with Gasteiger partial charge in [0.25, 0.3) is 0 Å². The van der Waals surface area contributed by atoms with E-state index in [2.05, 4.69) is 5.32 Å². The number of carbonyl (C=O) groups is 1. The summed E-state index contributed by atoms with van der Waals surface area (Å²) in [5.41, 5.74) is 5.65. The van der Waals surface area contributed by atoms with Gasteiger partial charge < -0.3 is 23.9 Å². The number of nitrogens with one attached hydrogen (secondary N) is 1. The molecule has 4 aromatic rings. The molecule has 0 radical (unpaired) electrons. The molecule has 1 heterocycles. The van der Waals surface area contributed by atoms with E-state index in [1.165, 1.54) is 0 Å². The van der Waals surface area contributed by atoms with E-state index in [-0.39, 0.29) is 5.91 Å². The van der Waals surface area contributed by atoms with Crippen LogP contribution < -0.4 is 19.5 Å². The van der Waals surface area contributed by atoms with Gasteiger partial charge in [-0.05, 0) is 55.3 Å². The minimum atomic E-state index is -0.278. The fourth-order valence-corrected chi connectivity index (χ4v) is 4.22. The van der Waals surface area contributed by atoms with Gasteiger partial charge in [0.2, 0.25) is 5.91 Å². The van der Waals surface area contributed by atoms with Crippen LogP contribution in [-0.4, -0.2) is 27.2 Å². The Balaban J connectivity index is 1.71.